The zero-order valence-corrected chi connectivity index (χ0v) is 15.8. The molecule has 1 saturated heterocycles. The number of hydrogen-bond donors (Lipinski definition) is 2. The van der Waals surface area contributed by atoms with Crippen molar-refractivity contribution < 1.29 is 24.2 Å². The summed E-state index contributed by atoms with van der Waals surface area (Å²) in [6.45, 7) is 11.5. The Morgan fingerprint density at radius 1 is 1.41 bits per heavy atom. The predicted octanol–water partition coefficient (Wildman–Crippen LogP) is 2.03. The van der Waals surface area contributed by atoms with Gasteiger partial charge in [0.15, 0.2) is 0 Å². The van der Waals surface area contributed by atoms with Crippen LogP contribution in [0.15, 0.2) is 49.4 Å². The fourth-order valence-corrected chi connectivity index (χ4v) is 3.21. The quantitative estimate of drug-likeness (QED) is 0.493. The number of nitrogens with two attached hydrogens (primary N) is 1. The highest BCUT2D eigenvalue weighted by atomic mass is 16.6. The molecule has 0 aromatic heterocycles. The molecule has 27 heavy (non-hydrogen) atoms. The van der Waals surface area contributed by atoms with Crippen LogP contribution in [0.3, 0.4) is 0 Å². The van der Waals surface area contributed by atoms with E-state index in [2.05, 4.69) is 13.2 Å². The van der Waals surface area contributed by atoms with Crippen molar-refractivity contribution in [2.75, 3.05) is 6.61 Å². The van der Waals surface area contributed by atoms with E-state index in [1.54, 1.807) is 35.5 Å². The predicted molar refractivity (Wildman–Crippen MR) is 101 cm³/mol. The van der Waals surface area contributed by atoms with Gasteiger partial charge in [0, 0.05) is 30.7 Å². The van der Waals surface area contributed by atoms with Gasteiger partial charge in [-0.25, -0.2) is 4.79 Å². The van der Waals surface area contributed by atoms with Crippen molar-refractivity contribution in [1.29, 1.82) is 0 Å². The first-order valence-corrected chi connectivity index (χ1v) is 9.01. The largest absolute Gasteiger partial charge is 0.478 e. The average molecular weight is 376 g/mol. The van der Waals surface area contributed by atoms with Crippen LogP contribution in [0.5, 0.6) is 0 Å². The number of carboxylic acids is 1. The maximum Gasteiger partial charge on any atom is 0.333 e. The Labute approximate surface area is 159 Å². The highest BCUT2D eigenvalue weighted by Gasteiger charge is 2.44. The van der Waals surface area contributed by atoms with Gasteiger partial charge in [0.25, 0.3) is 0 Å². The van der Waals surface area contributed by atoms with Crippen LogP contribution in [0.2, 0.25) is 0 Å². The van der Waals surface area contributed by atoms with Gasteiger partial charge in [-0.3, -0.25) is 4.79 Å². The average Bonchev–Trinajstić information content (AvgIpc) is 3.02. The summed E-state index contributed by atoms with van der Waals surface area (Å²) in [7, 11) is 0. The maximum absolute atomic E-state index is 12.0. The van der Waals surface area contributed by atoms with Crippen LogP contribution < -0.4 is 5.73 Å². The van der Waals surface area contributed by atoms with Crippen LogP contribution in [-0.4, -0.2) is 46.9 Å². The van der Waals surface area contributed by atoms with Crippen molar-refractivity contribution >= 4 is 11.9 Å². The molecule has 148 valence electrons. The van der Waals surface area contributed by atoms with E-state index in [4.69, 9.17) is 15.2 Å². The summed E-state index contributed by atoms with van der Waals surface area (Å²) in [6.07, 6.45) is 8.11. The van der Waals surface area contributed by atoms with Gasteiger partial charge in [-0.15, -0.1) is 13.2 Å². The van der Waals surface area contributed by atoms with Crippen LogP contribution in [0.1, 0.15) is 20.3 Å². The number of nitrogens with zero attached hydrogens (tertiary/aromatic N) is 1. The van der Waals surface area contributed by atoms with Gasteiger partial charge < -0.3 is 25.2 Å². The molecule has 0 aromatic rings. The maximum atomic E-state index is 12.0. The molecular weight excluding hydrogens is 348 g/mol. The number of allylic oxidation sites excluding steroid dienone is 1. The summed E-state index contributed by atoms with van der Waals surface area (Å²) in [4.78, 5) is 25.0. The molecule has 0 aromatic carbocycles. The highest BCUT2D eigenvalue weighted by Crippen LogP contribution is 2.37. The summed E-state index contributed by atoms with van der Waals surface area (Å²) in [6, 6.07) is -0.689. The minimum absolute atomic E-state index is 0.0241. The van der Waals surface area contributed by atoms with Gasteiger partial charge in [-0.1, -0.05) is 32.1 Å². The number of hydrogen-bond acceptors (Lipinski definition) is 6. The van der Waals surface area contributed by atoms with Gasteiger partial charge in [0.05, 0.1) is 5.57 Å². The normalized spacial score (nSPS) is 28.6. The first-order valence-electron chi connectivity index (χ1n) is 9.01. The molecule has 0 bridgehead atoms. The van der Waals surface area contributed by atoms with E-state index in [-0.39, 0.29) is 29.9 Å². The van der Waals surface area contributed by atoms with E-state index in [0.717, 1.165) is 0 Å². The van der Waals surface area contributed by atoms with Crippen LogP contribution in [-0.2, 0) is 19.1 Å². The van der Waals surface area contributed by atoms with Crippen LogP contribution in [0, 0.1) is 17.8 Å². The Hall–Kier alpha value is -2.38. The van der Waals surface area contributed by atoms with Crippen molar-refractivity contribution in [2.45, 2.75) is 38.6 Å². The molecule has 2 aliphatic rings. The van der Waals surface area contributed by atoms with Crippen LogP contribution >= 0.6 is 0 Å². The molecule has 0 unspecified atom stereocenters. The molecule has 0 radical (unpaired) electrons. The minimum atomic E-state index is -0.967. The molecule has 2 heterocycles. The van der Waals surface area contributed by atoms with E-state index in [9.17, 15) is 14.7 Å². The highest BCUT2D eigenvalue weighted by molar-refractivity contribution is 5.87. The number of rotatable bonds is 8. The molecule has 5 atom stereocenters. The first kappa shape index (κ1) is 20.9. The molecule has 1 fully saturated rings. The van der Waals surface area contributed by atoms with E-state index in [1.807, 2.05) is 13.8 Å². The fourth-order valence-electron chi connectivity index (χ4n) is 3.21. The van der Waals surface area contributed by atoms with Gasteiger partial charge >= 0.3 is 11.9 Å². The standard InChI is InChI=1S/C20H28N2O5/c1-5-14-15(6-2)18(22-9-7-8-13(10-22)19(23)24)27-16(14)11-26-20(25)17(21)12(3)4/h5-7,9-10,12,14-18H,1-2,8,11,21H2,3-4H3,(H,23,24)/t14-,15+,16+,17-,18+/m0/s1. The Balaban J connectivity index is 2.12. The third-order valence-corrected chi connectivity index (χ3v) is 4.93. The second kappa shape index (κ2) is 9.01. The lowest BCUT2D eigenvalue weighted by molar-refractivity contribution is -0.152. The number of carbonyl (C=O) groups is 2. The van der Waals surface area contributed by atoms with Gasteiger partial charge in [0.2, 0.25) is 0 Å². The topological polar surface area (TPSA) is 102 Å². The van der Waals surface area contributed by atoms with Crippen LogP contribution in [0.25, 0.3) is 0 Å². The number of aliphatic carboxylic acids is 1. The third kappa shape index (κ3) is 4.67. The summed E-state index contributed by atoms with van der Waals surface area (Å²) >= 11 is 0. The molecule has 2 rings (SSSR count). The SMILES string of the molecule is C=C[C@@H]1[C@H](C=C)[C@@H](COC(=O)[C@@H](N)C(C)C)O[C@H]1N1C=CCC(C(=O)O)=C1. The third-order valence-electron chi connectivity index (χ3n) is 4.93. The second-order valence-corrected chi connectivity index (χ2v) is 7.09. The first-order chi connectivity index (χ1) is 12.8. The Bertz CT molecular complexity index is 655. The van der Waals surface area contributed by atoms with Crippen molar-refractivity contribution in [3.63, 3.8) is 0 Å². The monoisotopic (exact) mass is 376 g/mol. The summed E-state index contributed by atoms with van der Waals surface area (Å²) in [5, 5.41) is 9.24. The zero-order chi connectivity index (χ0) is 20.1. The van der Waals surface area contributed by atoms with E-state index in [1.165, 1.54) is 0 Å². The summed E-state index contributed by atoms with van der Waals surface area (Å²) in [5.41, 5.74) is 6.10. The van der Waals surface area contributed by atoms with Crippen molar-refractivity contribution in [3.05, 3.63) is 49.4 Å². The van der Waals surface area contributed by atoms with Crippen molar-refractivity contribution in [3.8, 4) is 0 Å². The fraction of sp³-hybridized carbons (Fsp3) is 0.500. The second-order valence-electron chi connectivity index (χ2n) is 7.09. The molecular formula is C20H28N2O5. The molecule has 0 saturated carbocycles. The molecule has 7 nitrogen and oxygen atoms in total. The number of ether oxygens (including phenoxy) is 2. The van der Waals surface area contributed by atoms with Crippen LogP contribution in [0.4, 0.5) is 0 Å². The molecule has 0 aliphatic carbocycles. The molecule has 3 N–H and O–H groups in total. The minimum Gasteiger partial charge on any atom is -0.478 e. The Kier molecular flexibility index (Phi) is 6.98. The van der Waals surface area contributed by atoms with Crippen molar-refractivity contribution in [2.24, 2.45) is 23.5 Å². The van der Waals surface area contributed by atoms with E-state index >= 15 is 0 Å². The van der Waals surface area contributed by atoms with Gasteiger partial charge in [0.1, 0.15) is 25.0 Å². The van der Waals surface area contributed by atoms with Gasteiger partial charge in [-0.05, 0) is 5.92 Å². The number of carbonyl (C=O) groups excluding carboxylic acids is 1. The lowest BCUT2D eigenvalue weighted by Gasteiger charge is -2.29. The van der Waals surface area contributed by atoms with Crippen molar-refractivity contribution in [1.82, 2.24) is 4.90 Å². The lowest BCUT2D eigenvalue weighted by atomic mass is 9.89. The van der Waals surface area contributed by atoms with E-state index < -0.39 is 30.3 Å². The van der Waals surface area contributed by atoms with Gasteiger partial charge in [-0.2, -0.15) is 0 Å². The Morgan fingerprint density at radius 2 is 2.07 bits per heavy atom. The summed E-state index contributed by atoms with van der Waals surface area (Å²) in [5.74, 6) is -1.73. The smallest absolute Gasteiger partial charge is 0.333 e. The number of carboxylic acid groups (broad SMARTS) is 1. The lowest BCUT2D eigenvalue weighted by Crippen LogP contribution is -2.39. The molecule has 0 amide bonds. The Morgan fingerprint density at radius 3 is 2.63 bits per heavy atom. The van der Waals surface area contributed by atoms with E-state index in [0.29, 0.717) is 6.42 Å². The zero-order valence-electron chi connectivity index (χ0n) is 15.8. The molecule has 7 heteroatoms. The summed E-state index contributed by atoms with van der Waals surface area (Å²) < 4.78 is 11.5. The number of esters is 1. The molecule has 0 spiro atoms. The molecule has 2 aliphatic heterocycles.